The molecule has 2 amide bonds. The Labute approximate surface area is 182 Å². The van der Waals surface area contributed by atoms with Crippen LogP contribution in [0, 0.1) is 13.8 Å². The lowest BCUT2D eigenvalue weighted by Crippen LogP contribution is -2.35. The summed E-state index contributed by atoms with van der Waals surface area (Å²) in [5.74, 6) is -0.459. The number of methoxy groups -OCH3 is 1. The number of benzene rings is 2. The topological polar surface area (TPSA) is 85.2 Å². The number of ether oxygens (including phenoxy) is 1. The van der Waals surface area contributed by atoms with Crippen molar-refractivity contribution in [3.63, 3.8) is 0 Å². The summed E-state index contributed by atoms with van der Waals surface area (Å²) >= 11 is 0. The van der Waals surface area contributed by atoms with Crippen molar-refractivity contribution in [2.45, 2.75) is 26.8 Å². The Morgan fingerprint density at radius 1 is 1.03 bits per heavy atom. The molecule has 0 saturated heterocycles. The van der Waals surface area contributed by atoms with Gasteiger partial charge in [-0.25, -0.2) is 4.68 Å². The zero-order chi connectivity index (χ0) is 22.5. The van der Waals surface area contributed by atoms with Gasteiger partial charge < -0.3 is 15.4 Å². The molecule has 162 valence electrons. The van der Waals surface area contributed by atoms with Crippen molar-refractivity contribution in [1.29, 1.82) is 0 Å². The fourth-order valence-electron chi connectivity index (χ4n) is 3.35. The van der Waals surface area contributed by atoms with Crippen LogP contribution in [0.1, 0.15) is 39.0 Å². The second-order valence-electron chi connectivity index (χ2n) is 7.63. The first-order valence-electron chi connectivity index (χ1n) is 10.1. The number of carbonyl (C=O) groups is 2. The molecule has 1 aromatic heterocycles. The maximum atomic E-state index is 12.9. The molecule has 7 nitrogen and oxygen atoms in total. The fourth-order valence-corrected chi connectivity index (χ4v) is 3.35. The second kappa shape index (κ2) is 9.57. The number of aromatic nitrogens is 2. The zero-order valence-corrected chi connectivity index (χ0v) is 18.5. The third-order valence-electron chi connectivity index (χ3n) is 4.95. The fraction of sp³-hybridized carbons (Fsp3) is 0.292. The van der Waals surface area contributed by atoms with Gasteiger partial charge in [-0.2, -0.15) is 5.10 Å². The molecule has 1 unspecified atom stereocenters. The Kier molecular flexibility index (Phi) is 6.87. The van der Waals surface area contributed by atoms with E-state index in [9.17, 15) is 9.59 Å². The molecule has 31 heavy (non-hydrogen) atoms. The van der Waals surface area contributed by atoms with Crippen LogP contribution in [0.25, 0.3) is 16.8 Å². The van der Waals surface area contributed by atoms with Gasteiger partial charge in [0, 0.05) is 31.5 Å². The molecule has 0 aliphatic heterocycles. The number of nitrogens with one attached hydrogen (secondary N) is 2. The Morgan fingerprint density at radius 2 is 1.74 bits per heavy atom. The molecule has 1 heterocycles. The van der Waals surface area contributed by atoms with E-state index < -0.39 is 0 Å². The molecule has 1 atom stereocenters. The Bertz CT molecular complexity index is 1090. The van der Waals surface area contributed by atoms with E-state index in [2.05, 4.69) is 15.7 Å². The van der Waals surface area contributed by atoms with Gasteiger partial charge >= 0.3 is 0 Å². The Morgan fingerprint density at radius 3 is 2.39 bits per heavy atom. The van der Waals surface area contributed by atoms with Gasteiger partial charge in [-0.05, 0) is 56.2 Å². The third-order valence-corrected chi connectivity index (χ3v) is 4.95. The van der Waals surface area contributed by atoms with Crippen LogP contribution >= 0.6 is 0 Å². The van der Waals surface area contributed by atoms with E-state index in [1.165, 1.54) is 0 Å². The first kappa shape index (κ1) is 22.2. The largest absolute Gasteiger partial charge is 0.383 e. The summed E-state index contributed by atoms with van der Waals surface area (Å²) in [6.45, 7) is 6.21. The highest BCUT2D eigenvalue weighted by atomic mass is 16.5. The SMILES string of the molecule is CNC(=O)c1cc(C)n(-c2cc(C(=O)NC(C)COC)cc(-c3ccc(C)cc3)c2)n1. The van der Waals surface area contributed by atoms with Gasteiger partial charge in [-0.15, -0.1) is 0 Å². The Balaban J connectivity index is 2.09. The predicted octanol–water partition coefficient (Wildman–Crippen LogP) is 3.28. The summed E-state index contributed by atoms with van der Waals surface area (Å²) in [6.07, 6.45) is 0. The molecule has 7 heteroatoms. The molecule has 2 aromatic carbocycles. The molecule has 0 radical (unpaired) electrons. The molecule has 0 bridgehead atoms. The Hall–Kier alpha value is -3.45. The van der Waals surface area contributed by atoms with E-state index in [-0.39, 0.29) is 17.9 Å². The van der Waals surface area contributed by atoms with E-state index in [4.69, 9.17) is 4.74 Å². The maximum absolute atomic E-state index is 12.9. The van der Waals surface area contributed by atoms with Gasteiger partial charge in [0.2, 0.25) is 0 Å². The maximum Gasteiger partial charge on any atom is 0.271 e. The van der Waals surface area contributed by atoms with Crippen molar-refractivity contribution in [2.24, 2.45) is 0 Å². The average Bonchev–Trinajstić information content (AvgIpc) is 3.15. The summed E-state index contributed by atoms with van der Waals surface area (Å²) in [4.78, 5) is 25.0. The molecule has 0 spiro atoms. The molecule has 0 aliphatic rings. The van der Waals surface area contributed by atoms with Gasteiger partial charge in [0.05, 0.1) is 12.3 Å². The highest BCUT2D eigenvalue weighted by molar-refractivity contribution is 5.96. The van der Waals surface area contributed by atoms with Gasteiger partial charge in [0.25, 0.3) is 11.8 Å². The van der Waals surface area contributed by atoms with Crippen LogP contribution in [0.4, 0.5) is 0 Å². The van der Waals surface area contributed by atoms with E-state index >= 15 is 0 Å². The first-order chi connectivity index (χ1) is 14.8. The van der Waals surface area contributed by atoms with Crippen molar-refractivity contribution in [3.8, 4) is 16.8 Å². The minimum atomic E-state index is -0.261. The van der Waals surface area contributed by atoms with Crippen molar-refractivity contribution in [1.82, 2.24) is 20.4 Å². The van der Waals surface area contributed by atoms with Gasteiger partial charge in [0.1, 0.15) is 0 Å². The van der Waals surface area contributed by atoms with Crippen LogP contribution in [0.3, 0.4) is 0 Å². The lowest BCUT2D eigenvalue weighted by atomic mass is 10.0. The first-order valence-corrected chi connectivity index (χ1v) is 10.1. The second-order valence-corrected chi connectivity index (χ2v) is 7.63. The summed E-state index contributed by atoms with van der Waals surface area (Å²) < 4.78 is 6.80. The number of aryl methyl sites for hydroxylation is 2. The van der Waals surface area contributed by atoms with Gasteiger partial charge in [0.15, 0.2) is 5.69 Å². The normalized spacial score (nSPS) is 11.8. The quantitative estimate of drug-likeness (QED) is 0.614. The molecule has 2 N–H and O–H groups in total. The molecule has 3 aromatic rings. The van der Waals surface area contributed by atoms with E-state index in [1.54, 1.807) is 31.0 Å². The zero-order valence-electron chi connectivity index (χ0n) is 18.5. The van der Waals surface area contributed by atoms with E-state index in [0.29, 0.717) is 23.6 Å². The van der Waals surface area contributed by atoms with Crippen LogP contribution in [-0.4, -0.2) is 48.4 Å². The standard InChI is InChI=1S/C24H28N4O3/c1-15-6-8-18(9-7-15)19-11-20(23(29)26-16(2)14-31-5)13-21(12-19)28-17(3)10-22(27-28)24(30)25-4/h6-13,16H,14H2,1-5H3,(H,25,30)(H,26,29). The van der Waals surface area contributed by atoms with Crippen LogP contribution < -0.4 is 10.6 Å². The summed E-state index contributed by atoms with van der Waals surface area (Å²) in [5.41, 5.74) is 5.35. The molecule has 0 fully saturated rings. The average molecular weight is 421 g/mol. The van der Waals surface area contributed by atoms with Crippen molar-refractivity contribution >= 4 is 11.8 Å². The number of amides is 2. The third kappa shape index (κ3) is 5.19. The van der Waals surface area contributed by atoms with Crippen LogP contribution in [0.2, 0.25) is 0 Å². The molecule has 3 rings (SSSR count). The summed E-state index contributed by atoms with van der Waals surface area (Å²) in [6, 6.07) is 15.3. The van der Waals surface area contributed by atoms with Gasteiger partial charge in [-0.3, -0.25) is 9.59 Å². The van der Waals surface area contributed by atoms with Gasteiger partial charge in [-0.1, -0.05) is 29.8 Å². The monoisotopic (exact) mass is 420 g/mol. The predicted molar refractivity (Wildman–Crippen MR) is 121 cm³/mol. The minimum Gasteiger partial charge on any atom is -0.383 e. The number of rotatable bonds is 7. The summed E-state index contributed by atoms with van der Waals surface area (Å²) in [5, 5.41) is 9.98. The van der Waals surface area contributed by atoms with Crippen LogP contribution in [-0.2, 0) is 4.74 Å². The lowest BCUT2D eigenvalue weighted by Gasteiger charge is -2.15. The highest BCUT2D eigenvalue weighted by Gasteiger charge is 2.16. The highest BCUT2D eigenvalue weighted by Crippen LogP contribution is 2.26. The molecule has 0 saturated carbocycles. The molecule has 0 aliphatic carbocycles. The van der Waals surface area contributed by atoms with Crippen molar-refractivity contribution in [2.75, 3.05) is 20.8 Å². The number of hydrogen-bond acceptors (Lipinski definition) is 4. The number of carbonyl (C=O) groups excluding carboxylic acids is 2. The summed E-state index contributed by atoms with van der Waals surface area (Å²) in [7, 11) is 3.17. The van der Waals surface area contributed by atoms with E-state index in [0.717, 1.165) is 22.4 Å². The lowest BCUT2D eigenvalue weighted by molar-refractivity contribution is 0.0904. The van der Waals surface area contributed by atoms with E-state index in [1.807, 2.05) is 57.2 Å². The molecular weight excluding hydrogens is 392 g/mol. The molecular formula is C24H28N4O3. The smallest absolute Gasteiger partial charge is 0.271 e. The number of nitrogens with zero attached hydrogens (tertiary/aromatic N) is 2. The van der Waals surface area contributed by atoms with Crippen molar-refractivity contribution in [3.05, 3.63) is 71.0 Å². The number of hydrogen-bond donors (Lipinski definition) is 2. The van der Waals surface area contributed by atoms with Crippen LogP contribution in [0.5, 0.6) is 0 Å². The van der Waals surface area contributed by atoms with Crippen LogP contribution in [0.15, 0.2) is 48.5 Å². The van der Waals surface area contributed by atoms with Crippen molar-refractivity contribution < 1.29 is 14.3 Å². The minimum absolute atomic E-state index is 0.129.